The second-order valence-corrected chi connectivity index (χ2v) is 5.42. The molecule has 3 aromatic rings. The van der Waals surface area contributed by atoms with Crippen molar-refractivity contribution in [2.75, 3.05) is 0 Å². The van der Waals surface area contributed by atoms with Crippen molar-refractivity contribution in [1.82, 2.24) is 0 Å². The summed E-state index contributed by atoms with van der Waals surface area (Å²) in [5, 5.41) is 1.91. The van der Waals surface area contributed by atoms with E-state index in [-0.39, 0.29) is 5.78 Å². The van der Waals surface area contributed by atoms with Crippen LogP contribution in [-0.2, 0) is 4.79 Å². The van der Waals surface area contributed by atoms with Crippen LogP contribution in [0.5, 0.6) is 0 Å². The van der Waals surface area contributed by atoms with E-state index < -0.39 is 0 Å². The predicted octanol–water partition coefficient (Wildman–Crippen LogP) is 4.29. The predicted molar refractivity (Wildman–Crippen MR) is 86.3 cm³/mol. The van der Waals surface area contributed by atoms with Gasteiger partial charge in [-0.25, -0.2) is 0 Å². The van der Waals surface area contributed by atoms with E-state index in [0.29, 0.717) is 21.2 Å². The lowest BCUT2D eigenvalue weighted by Crippen LogP contribution is -2.04. The van der Waals surface area contributed by atoms with Gasteiger partial charge in [0.25, 0.3) is 0 Å². The topological polar surface area (TPSA) is 34.1 Å². The molecule has 3 rings (SSSR count). The van der Waals surface area contributed by atoms with Crippen LogP contribution in [0.3, 0.4) is 0 Å². The maximum atomic E-state index is 12.8. The number of hydrogen-bond donors (Lipinski definition) is 0. The SMILES string of the molecule is O=[C]c1cccc(C(=O)c2cccc3ccccc23)c1Br. The summed E-state index contributed by atoms with van der Waals surface area (Å²) in [6.07, 6.45) is 1.83. The van der Waals surface area contributed by atoms with Crippen molar-refractivity contribution < 1.29 is 9.59 Å². The monoisotopic (exact) mass is 337 g/mol. The Kier molecular flexibility index (Phi) is 3.67. The standard InChI is InChI=1S/C18H10BrO2/c19-17-13(11-20)7-4-10-16(17)18(21)15-9-3-6-12-5-1-2-8-14(12)15/h1-10H. The molecule has 0 saturated heterocycles. The molecule has 0 aromatic heterocycles. The van der Waals surface area contributed by atoms with E-state index in [0.717, 1.165) is 10.8 Å². The highest BCUT2D eigenvalue weighted by Gasteiger charge is 2.16. The van der Waals surface area contributed by atoms with Crippen LogP contribution in [0, 0.1) is 0 Å². The highest BCUT2D eigenvalue weighted by molar-refractivity contribution is 9.10. The summed E-state index contributed by atoms with van der Waals surface area (Å²) in [4.78, 5) is 23.7. The van der Waals surface area contributed by atoms with E-state index in [4.69, 9.17) is 0 Å². The molecule has 0 heterocycles. The van der Waals surface area contributed by atoms with Crippen molar-refractivity contribution in [2.45, 2.75) is 0 Å². The molecule has 0 unspecified atom stereocenters. The number of halogens is 1. The fourth-order valence-electron chi connectivity index (χ4n) is 2.35. The van der Waals surface area contributed by atoms with Crippen LogP contribution in [0.4, 0.5) is 0 Å². The molecule has 0 amide bonds. The summed E-state index contributed by atoms with van der Waals surface area (Å²) in [5.41, 5.74) is 1.44. The molecule has 3 aromatic carbocycles. The molecule has 0 bridgehead atoms. The minimum absolute atomic E-state index is 0.115. The number of carbonyl (C=O) groups is 1. The number of carbonyl (C=O) groups excluding carboxylic acids is 2. The fourth-order valence-corrected chi connectivity index (χ4v) is 2.88. The first-order valence-electron chi connectivity index (χ1n) is 6.41. The van der Waals surface area contributed by atoms with Crippen LogP contribution in [0.25, 0.3) is 10.8 Å². The first-order chi connectivity index (χ1) is 10.2. The maximum Gasteiger partial charge on any atom is 0.234 e. The molecule has 101 valence electrons. The highest BCUT2D eigenvalue weighted by atomic mass is 79.9. The Bertz CT molecular complexity index is 847. The van der Waals surface area contributed by atoms with Gasteiger partial charge in [-0.3, -0.25) is 9.59 Å². The van der Waals surface area contributed by atoms with E-state index in [9.17, 15) is 9.59 Å². The molecule has 0 saturated carbocycles. The van der Waals surface area contributed by atoms with Crippen molar-refractivity contribution >= 4 is 38.8 Å². The summed E-state index contributed by atoms with van der Waals surface area (Å²) < 4.78 is 0.484. The zero-order valence-corrected chi connectivity index (χ0v) is 12.6. The summed E-state index contributed by atoms with van der Waals surface area (Å²) >= 11 is 3.32. The van der Waals surface area contributed by atoms with Gasteiger partial charge in [0.2, 0.25) is 6.29 Å². The molecule has 0 aliphatic heterocycles. The largest absolute Gasteiger partial charge is 0.289 e. The van der Waals surface area contributed by atoms with Crippen LogP contribution < -0.4 is 0 Å². The summed E-state index contributed by atoms with van der Waals surface area (Å²) in [7, 11) is 0. The normalized spacial score (nSPS) is 10.5. The Morgan fingerprint density at radius 3 is 2.33 bits per heavy atom. The van der Waals surface area contributed by atoms with Gasteiger partial charge in [0.1, 0.15) is 0 Å². The Morgan fingerprint density at radius 1 is 0.857 bits per heavy atom. The molecular formula is C18H10BrO2. The smallest absolute Gasteiger partial charge is 0.234 e. The van der Waals surface area contributed by atoms with Crippen LogP contribution >= 0.6 is 15.9 Å². The van der Waals surface area contributed by atoms with Gasteiger partial charge in [-0.2, -0.15) is 0 Å². The number of hydrogen-bond acceptors (Lipinski definition) is 2. The minimum Gasteiger partial charge on any atom is -0.289 e. The molecule has 0 N–H and O–H groups in total. The number of benzene rings is 3. The van der Waals surface area contributed by atoms with Crippen LogP contribution in [0.1, 0.15) is 21.5 Å². The van der Waals surface area contributed by atoms with Gasteiger partial charge in [-0.15, -0.1) is 0 Å². The molecule has 0 spiro atoms. The lowest BCUT2D eigenvalue weighted by Gasteiger charge is -2.08. The molecular weight excluding hydrogens is 328 g/mol. The average molecular weight is 338 g/mol. The third-order valence-electron chi connectivity index (χ3n) is 3.39. The molecule has 2 nitrogen and oxygen atoms in total. The number of fused-ring (bicyclic) bond motifs is 1. The second-order valence-electron chi connectivity index (χ2n) is 4.63. The van der Waals surface area contributed by atoms with E-state index in [2.05, 4.69) is 15.9 Å². The zero-order chi connectivity index (χ0) is 14.8. The summed E-state index contributed by atoms with van der Waals surface area (Å²) in [5.74, 6) is -0.115. The van der Waals surface area contributed by atoms with Crippen molar-refractivity contribution in [3.05, 3.63) is 81.8 Å². The lowest BCUT2D eigenvalue weighted by molar-refractivity contribution is 0.103. The van der Waals surface area contributed by atoms with Gasteiger partial charge in [0, 0.05) is 21.2 Å². The molecule has 0 aliphatic carbocycles. The van der Waals surface area contributed by atoms with Crippen LogP contribution in [0.15, 0.2) is 65.1 Å². The van der Waals surface area contributed by atoms with Crippen LogP contribution in [-0.4, -0.2) is 12.1 Å². The van der Waals surface area contributed by atoms with Crippen LogP contribution in [0.2, 0.25) is 0 Å². The third-order valence-corrected chi connectivity index (χ3v) is 4.24. The first-order valence-corrected chi connectivity index (χ1v) is 7.21. The Balaban J connectivity index is 2.20. The third kappa shape index (κ3) is 2.41. The van der Waals surface area contributed by atoms with E-state index >= 15 is 0 Å². The molecule has 0 fully saturated rings. The van der Waals surface area contributed by atoms with E-state index in [1.54, 1.807) is 24.3 Å². The highest BCUT2D eigenvalue weighted by Crippen LogP contribution is 2.26. The zero-order valence-electron chi connectivity index (χ0n) is 11.0. The average Bonchev–Trinajstić information content (AvgIpc) is 2.54. The minimum atomic E-state index is -0.115. The van der Waals surface area contributed by atoms with Gasteiger partial charge in [0.15, 0.2) is 5.78 Å². The van der Waals surface area contributed by atoms with Gasteiger partial charge in [-0.05, 0) is 38.8 Å². The molecule has 21 heavy (non-hydrogen) atoms. The Morgan fingerprint density at radius 2 is 1.52 bits per heavy atom. The first kappa shape index (κ1) is 13.7. The lowest BCUT2D eigenvalue weighted by atomic mass is 9.96. The molecule has 0 atom stereocenters. The Hall–Kier alpha value is -2.26. The van der Waals surface area contributed by atoms with E-state index in [1.807, 2.05) is 42.7 Å². The summed E-state index contributed by atoms with van der Waals surface area (Å²) in [6, 6.07) is 18.4. The van der Waals surface area contributed by atoms with Crippen molar-refractivity contribution in [2.24, 2.45) is 0 Å². The van der Waals surface area contributed by atoms with Gasteiger partial charge < -0.3 is 0 Å². The molecule has 3 heteroatoms. The van der Waals surface area contributed by atoms with Gasteiger partial charge in [0.05, 0.1) is 0 Å². The van der Waals surface area contributed by atoms with E-state index in [1.165, 1.54) is 0 Å². The second kappa shape index (κ2) is 5.62. The molecule has 1 radical (unpaired) electrons. The van der Waals surface area contributed by atoms with Crippen molar-refractivity contribution in [3.63, 3.8) is 0 Å². The van der Waals surface area contributed by atoms with Gasteiger partial charge in [-0.1, -0.05) is 48.5 Å². The Labute approximate surface area is 130 Å². The van der Waals surface area contributed by atoms with Crippen molar-refractivity contribution in [3.8, 4) is 0 Å². The number of ketones is 1. The number of rotatable bonds is 3. The fraction of sp³-hybridized carbons (Fsp3) is 0. The maximum absolute atomic E-state index is 12.8. The van der Waals surface area contributed by atoms with Gasteiger partial charge >= 0.3 is 0 Å². The summed E-state index contributed by atoms with van der Waals surface area (Å²) in [6.45, 7) is 0. The van der Waals surface area contributed by atoms with Crippen molar-refractivity contribution in [1.29, 1.82) is 0 Å². The quantitative estimate of drug-likeness (QED) is 0.668. The molecule has 0 aliphatic rings.